The molecule has 180 valence electrons. The van der Waals surface area contributed by atoms with Gasteiger partial charge in [0.1, 0.15) is 18.1 Å². The normalized spacial score (nSPS) is 16.1. The van der Waals surface area contributed by atoms with Crippen LogP contribution in [-0.2, 0) is 11.3 Å². The summed E-state index contributed by atoms with van der Waals surface area (Å²) in [4.78, 5) is 33.6. The second kappa shape index (κ2) is 10.3. The van der Waals surface area contributed by atoms with Crippen molar-refractivity contribution in [2.24, 2.45) is 5.92 Å². The van der Waals surface area contributed by atoms with Gasteiger partial charge in [-0.3, -0.25) is 14.2 Å². The molecule has 1 aromatic heterocycles. The van der Waals surface area contributed by atoms with Crippen molar-refractivity contribution in [3.8, 4) is 17.1 Å². The third kappa shape index (κ3) is 5.08. The molecule has 0 spiro atoms. The van der Waals surface area contributed by atoms with Crippen molar-refractivity contribution >= 4 is 22.5 Å². The molecule has 0 bridgehead atoms. The average molecular weight is 463 g/mol. The molecule has 4 rings (SSSR count). The van der Waals surface area contributed by atoms with Crippen molar-refractivity contribution in [2.75, 3.05) is 25.1 Å². The van der Waals surface area contributed by atoms with Gasteiger partial charge in [-0.25, -0.2) is 4.98 Å². The van der Waals surface area contributed by atoms with Crippen LogP contribution < -0.4 is 20.5 Å². The molecule has 1 saturated heterocycles. The average Bonchev–Trinajstić information content (AvgIpc) is 2.85. The first-order valence-corrected chi connectivity index (χ1v) is 12.1. The van der Waals surface area contributed by atoms with Gasteiger partial charge in [-0.2, -0.15) is 0 Å². The molecule has 0 aliphatic carbocycles. The number of ether oxygens (including phenoxy) is 1. The van der Waals surface area contributed by atoms with E-state index in [2.05, 4.69) is 23.2 Å². The zero-order valence-electron chi connectivity index (χ0n) is 20.5. The predicted octanol–water partition coefficient (Wildman–Crippen LogP) is 4.22. The Morgan fingerprint density at radius 3 is 2.79 bits per heavy atom. The van der Waals surface area contributed by atoms with Gasteiger partial charge in [0.05, 0.1) is 18.0 Å². The Morgan fingerprint density at radius 1 is 1.24 bits per heavy atom. The van der Waals surface area contributed by atoms with Crippen LogP contribution >= 0.6 is 0 Å². The van der Waals surface area contributed by atoms with E-state index in [1.54, 1.807) is 7.11 Å². The van der Waals surface area contributed by atoms with Crippen LogP contribution in [0.4, 0.5) is 5.69 Å². The molecule has 2 heterocycles. The van der Waals surface area contributed by atoms with E-state index in [4.69, 9.17) is 9.72 Å². The highest BCUT2D eigenvalue weighted by molar-refractivity contribution is 5.84. The lowest BCUT2D eigenvalue weighted by Gasteiger charge is -2.34. The number of rotatable bonds is 7. The van der Waals surface area contributed by atoms with Crippen LogP contribution in [0.3, 0.4) is 0 Å². The number of piperidine rings is 1. The lowest BCUT2D eigenvalue weighted by molar-refractivity contribution is -0.122. The number of aromatic nitrogens is 2. The Morgan fingerprint density at radius 2 is 2.06 bits per heavy atom. The number of benzene rings is 2. The van der Waals surface area contributed by atoms with E-state index in [-0.39, 0.29) is 24.1 Å². The van der Waals surface area contributed by atoms with Gasteiger partial charge in [-0.15, -0.1) is 0 Å². The number of methoxy groups -OCH3 is 1. The SMILES string of the molecule is CCC1CCCN(c2ccc3nc(-c4cccc(OC)c4)n(CC(=O)NC(C)C)c(=O)c3c2)C1. The van der Waals surface area contributed by atoms with Crippen molar-refractivity contribution in [3.05, 3.63) is 52.8 Å². The number of carbonyl (C=O) groups excluding carboxylic acids is 1. The van der Waals surface area contributed by atoms with Crippen LogP contribution in [0.25, 0.3) is 22.3 Å². The van der Waals surface area contributed by atoms with Crippen molar-refractivity contribution in [1.82, 2.24) is 14.9 Å². The molecule has 1 unspecified atom stereocenters. The maximum absolute atomic E-state index is 13.7. The lowest BCUT2D eigenvalue weighted by Crippen LogP contribution is -2.37. The highest BCUT2D eigenvalue weighted by Crippen LogP contribution is 2.28. The summed E-state index contributed by atoms with van der Waals surface area (Å²) in [6, 6.07) is 13.3. The van der Waals surface area contributed by atoms with Gasteiger partial charge >= 0.3 is 0 Å². The molecular weight excluding hydrogens is 428 g/mol. The topological polar surface area (TPSA) is 76.5 Å². The quantitative estimate of drug-likeness (QED) is 0.569. The van der Waals surface area contributed by atoms with E-state index in [0.29, 0.717) is 28.4 Å². The number of fused-ring (bicyclic) bond motifs is 1. The fourth-order valence-corrected chi connectivity index (χ4v) is 4.68. The molecule has 7 nitrogen and oxygen atoms in total. The third-order valence-corrected chi connectivity index (χ3v) is 6.48. The molecule has 1 amide bonds. The Balaban J connectivity index is 1.83. The van der Waals surface area contributed by atoms with Gasteiger partial charge in [0.2, 0.25) is 5.91 Å². The molecular formula is C27H34N4O3. The highest BCUT2D eigenvalue weighted by Gasteiger charge is 2.21. The summed E-state index contributed by atoms with van der Waals surface area (Å²) in [5, 5.41) is 3.41. The number of carbonyl (C=O) groups is 1. The number of anilines is 1. The molecule has 1 fully saturated rings. The summed E-state index contributed by atoms with van der Waals surface area (Å²) in [6.45, 7) is 7.93. The summed E-state index contributed by atoms with van der Waals surface area (Å²) >= 11 is 0. The lowest BCUT2D eigenvalue weighted by atomic mass is 9.95. The smallest absolute Gasteiger partial charge is 0.262 e. The number of nitrogens with zero attached hydrogens (tertiary/aromatic N) is 3. The van der Waals surface area contributed by atoms with Crippen LogP contribution in [0.1, 0.15) is 40.0 Å². The van der Waals surface area contributed by atoms with Crippen LogP contribution in [-0.4, -0.2) is 41.7 Å². The van der Waals surface area contributed by atoms with Gasteiger partial charge in [-0.1, -0.05) is 25.5 Å². The second-order valence-electron chi connectivity index (χ2n) is 9.34. The van der Waals surface area contributed by atoms with E-state index in [0.717, 1.165) is 37.2 Å². The van der Waals surface area contributed by atoms with E-state index in [9.17, 15) is 9.59 Å². The standard InChI is InChI=1S/C27H34N4O3/c1-5-19-8-7-13-30(16-19)21-11-12-24-23(15-21)27(33)31(17-25(32)28-18(2)3)26(29-24)20-9-6-10-22(14-20)34-4/h6,9-12,14-15,18-19H,5,7-8,13,16-17H2,1-4H3,(H,28,32). The number of hydrogen-bond donors (Lipinski definition) is 1. The molecule has 1 aliphatic heterocycles. The first kappa shape index (κ1) is 23.8. The minimum absolute atomic E-state index is 0.0193. The van der Waals surface area contributed by atoms with Crippen LogP contribution in [0.15, 0.2) is 47.3 Å². The molecule has 3 aromatic rings. The summed E-state index contributed by atoms with van der Waals surface area (Å²) in [6.07, 6.45) is 3.57. The number of nitrogens with one attached hydrogen (secondary N) is 1. The number of hydrogen-bond acceptors (Lipinski definition) is 5. The first-order valence-electron chi connectivity index (χ1n) is 12.1. The van der Waals surface area contributed by atoms with Crippen molar-refractivity contribution in [3.63, 3.8) is 0 Å². The molecule has 34 heavy (non-hydrogen) atoms. The van der Waals surface area contributed by atoms with E-state index in [1.165, 1.54) is 11.0 Å². The molecule has 0 radical (unpaired) electrons. The van der Waals surface area contributed by atoms with Gasteiger partial charge in [0.25, 0.3) is 5.56 Å². The molecule has 1 aliphatic rings. The fraction of sp³-hybridized carbons (Fsp3) is 0.444. The van der Waals surface area contributed by atoms with Gasteiger partial charge in [-0.05, 0) is 62.9 Å². The Hall–Kier alpha value is -3.35. The zero-order chi connectivity index (χ0) is 24.2. The largest absolute Gasteiger partial charge is 0.497 e. The van der Waals surface area contributed by atoms with E-state index >= 15 is 0 Å². The molecule has 7 heteroatoms. The van der Waals surface area contributed by atoms with Crippen LogP contribution in [0, 0.1) is 5.92 Å². The molecule has 2 aromatic carbocycles. The summed E-state index contributed by atoms with van der Waals surface area (Å²) < 4.78 is 6.84. The maximum Gasteiger partial charge on any atom is 0.262 e. The van der Waals surface area contributed by atoms with Gasteiger partial charge in [0, 0.05) is 30.4 Å². The molecule has 1 N–H and O–H groups in total. The maximum atomic E-state index is 13.7. The summed E-state index contributed by atoms with van der Waals surface area (Å²) in [5.74, 6) is 1.57. The van der Waals surface area contributed by atoms with Crippen molar-refractivity contribution < 1.29 is 9.53 Å². The Bertz CT molecular complexity index is 1230. The van der Waals surface area contributed by atoms with E-state index < -0.39 is 0 Å². The highest BCUT2D eigenvalue weighted by atomic mass is 16.5. The first-order chi connectivity index (χ1) is 16.4. The Labute approximate surface area is 200 Å². The number of amides is 1. The summed E-state index contributed by atoms with van der Waals surface area (Å²) in [7, 11) is 1.60. The fourth-order valence-electron chi connectivity index (χ4n) is 4.68. The summed E-state index contributed by atoms with van der Waals surface area (Å²) in [5.41, 5.74) is 2.17. The minimum Gasteiger partial charge on any atom is -0.497 e. The zero-order valence-corrected chi connectivity index (χ0v) is 20.5. The van der Waals surface area contributed by atoms with Crippen LogP contribution in [0.5, 0.6) is 5.75 Å². The predicted molar refractivity (Wildman–Crippen MR) is 136 cm³/mol. The van der Waals surface area contributed by atoms with Crippen LogP contribution in [0.2, 0.25) is 0 Å². The minimum atomic E-state index is -0.222. The van der Waals surface area contributed by atoms with E-state index in [1.807, 2.05) is 50.2 Å². The van der Waals surface area contributed by atoms with Gasteiger partial charge in [0.15, 0.2) is 0 Å². The molecule has 1 atom stereocenters. The van der Waals surface area contributed by atoms with Crippen molar-refractivity contribution in [2.45, 2.75) is 52.6 Å². The second-order valence-corrected chi connectivity index (χ2v) is 9.34. The van der Waals surface area contributed by atoms with Gasteiger partial charge < -0.3 is 15.0 Å². The van der Waals surface area contributed by atoms with Crippen molar-refractivity contribution in [1.29, 1.82) is 0 Å². The monoisotopic (exact) mass is 462 g/mol. The molecule has 0 saturated carbocycles. The Kier molecular flexibility index (Phi) is 7.20. The third-order valence-electron chi connectivity index (χ3n) is 6.48.